The van der Waals surface area contributed by atoms with Crippen LogP contribution in [0.2, 0.25) is 0 Å². The molecule has 5 nitrogen and oxygen atoms in total. The monoisotopic (exact) mass is 333 g/mol. The molecule has 1 aliphatic heterocycles. The van der Waals surface area contributed by atoms with Crippen LogP contribution in [-0.4, -0.2) is 30.6 Å². The van der Waals surface area contributed by atoms with Crippen LogP contribution in [0.25, 0.3) is 0 Å². The molecule has 0 unspecified atom stereocenters. The van der Waals surface area contributed by atoms with Crippen LogP contribution in [0.15, 0.2) is 24.3 Å². The van der Waals surface area contributed by atoms with Gasteiger partial charge < -0.3 is 15.5 Å². The van der Waals surface area contributed by atoms with Crippen LogP contribution >= 0.6 is 0 Å². The Morgan fingerprint density at radius 3 is 2.50 bits per heavy atom. The van der Waals surface area contributed by atoms with Crippen molar-refractivity contribution < 1.29 is 14.0 Å². The summed E-state index contributed by atoms with van der Waals surface area (Å²) in [6, 6.07) is 5.74. The summed E-state index contributed by atoms with van der Waals surface area (Å²) in [4.78, 5) is 25.8. The fraction of sp³-hybridized carbons (Fsp3) is 0.556. The smallest absolute Gasteiger partial charge is 0.315 e. The maximum Gasteiger partial charge on any atom is 0.315 e. The largest absolute Gasteiger partial charge is 0.335 e. The summed E-state index contributed by atoms with van der Waals surface area (Å²) in [5, 5.41) is 5.91. The van der Waals surface area contributed by atoms with Gasteiger partial charge in [0.05, 0.1) is 6.04 Å². The van der Waals surface area contributed by atoms with Gasteiger partial charge in [0.25, 0.3) is 0 Å². The second-order valence-electron chi connectivity index (χ2n) is 6.69. The average molecular weight is 333 g/mol. The van der Waals surface area contributed by atoms with Gasteiger partial charge in [-0.05, 0) is 31.0 Å². The Morgan fingerprint density at radius 2 is 1.79 bits per heavy atom. The summed E-state index contributed by atoms with van der Waals surface area (Å²) in [5.74, 6) is -0.469. The lowest BCUT2D eigenvalue weighted by molar-refractivity contribution is -0.117. The molecular formula is C18H24FN3O2. The number of benzene rings is 1. The van der Waals surface area contributed by atoms with Crippen molar-refractivity contribution >= 4 is 17.6 Å². The molecule has 0 aromatic heterocycles. The van der Waals surface area contributed by atoms with Crippen LogP contribution in [-0.2, 0) is 4.79 Å². The third-order valence-corrected chi connectivity index (χ3v) is 4.77. The van der Waals surface area contributed by atoms with Gasteiger partial charge in [-0.25, -0.2) is 9.18 Å². The van der Waals surface area contributed by atoms with Crippen LogP contribution < -0.4 is 15.5 Å². The van der Waals surface area contributed by atoms with Gasteiger partial charge in [0.2, 0.25) is 5.91 Å². The van der Waals surface area contributed by atoms with Gasteiger partial charge in [0.1, 0.15) is 5.82 Å². The lowest BCUT2D eigenvalue weighted by atomic mass is 10.1. The molecule has 6 heteroatoms. The van der Waals surface area contributed by atoms with Gasteiger partial charge in [-0.1, -0.05) is 31.7 Å². The molecule has 3 amide bonds. The summed E-state index contributed by atoms with van der Waals surface area (Å²) in [5.41, 5.74) is 0.536. The Balaban J connectivity index is 1.53. The molecule has 2 N–H and O–H groups in total. The zero-order chi connectivity index (χ0) is 16.9. The standard InChI is InChI=1S/C18H24FN3O2/c19-13-6-5-9-16(10-13)22-12-15(11-17(22)23)21-18(24)20-14-7-3-1-2-4-8-14/h5-6,9-10,14-15H,1-4,7-8,11-12H2,(H2,20,21,24)/t15-/m1/s1. The molecule has 3 rings (SSSR count). The maximum absolute atomic E-state index is 13.3. The van der Waals surface area contributed by atoms with E-state index < -0.39 is 0 Å². The summed E-state index contributed by atoms with van der Waals surface area (Å²) in [6.45, 7) is 0.375. The number of rotatable bonds is 3. The summed E-state index contributed by atoms with van der Waals surface area (Å²) < 4.78 is 13.3. The topological polar surface area (TPSA) is 61.4 Å². The van der Waals surface area contributed by atoms with Crippen molar-refractivity contribution in [3.05, 3.63) is 30.1 Å². The van der Waals surface area contributed by atoms with E-state index in [0.29, 0.717) is 12.2 Å². The second kappa shape index (κ2) is 7.64. The zero-order valence-corrected chi connectivity index (χ0v) is 13.8. The van der Waals surface area contributed by atoms with Crippen molar-refractivity contribution in [3.8, 4) is 0 Å². The molecule has 0 spiro atoms. The Kier molecular flexibility index (Phi) is 5.33. The molecule has 1 atom stereocenters. The SMILES string of the molecule is O=C(NC1CCCCCC1)N[C@@H]1CC(=O)N(c2cccc(F)c2)C1. The summed E-state index contributed by atoms with van der Waals surface area (Å²) >= 11 is 0. The first-order valence-corrected chi connectivity index (χ1v) is 8.75. The molecule has 1 aromatic carbocycles. The fourth-order valence-electron chi connectivity index (χ4n) is 3.53. The number of urea groups is 1. The first-order chi connectivity index (χ1) is 11.6. The molecule has 1 aromatic rings. The van der Waals surface area contributed by atoms with Gasteiger partial charge in [-0.15, -0.1) is 0 Å². The average Bonchev–Trinajstić information content (AvgIpc) is 2.73. The van der Waals surface area contributed by atoms with Gasteiger partial charge in [0, 0.05) is 24.7 Å². The lowest BCUT2D eigenvalue weighted by Crippen LogP contribution is -2.47. The fourth-order valence-corrected chi connectivity index (χ4v) is 3.53. The van der Waals surface area contributed by atoms with E-state index in [2.05, 4.69) is 10.6 Å². The quantitative estimate of drug-likeness (QED) is 0.836. The normalized spacial score (nSPS) is 22.3. The van der Waals surface area contributed by atoms with E-state index in [1.54, 1.807) is 12.1 Å². The molecule has 0 radical (unpaired) electrons. The highest BCUT2D eigenvalue weighted by molar-refractivity contribution is 5.96. The van der Waals surface area contributed by atoms with Gasteiger partial charge in [0.15, 0.2) is 0 Å². The number of hydrogen-bond donors (Lipinski definition) is 2. The molecule has 130 valence electrons. The molecule has 1 saturated carbocycles. The van der Waals surface area contributed by atoms with Crippen molar-refractivity contribution in [2.45, 2.75) is 57.0 Å². The molecule has 24 heavy (non-hydrogen) atoms. The van der Waals surface area contributed by atoms with Gasteiger partial charge >= 0.3 is 6.03 Å². The van der Waals surface area contributed by atoms with E-state index in [0.717, 1.165) is 25.7 Å². The minimum atomic E-state index is -0.372. The van der Waals surface area contributed by atoms with E-state index in [1.165, 1.54) is 29.9 Å². The third kappa shape index (κ3) is 4.24. The number of nitrogens with one attached hydrogen (secondary N) is 2. The van der Waals surface area contributed by atoms with Crippen molar-refractivity contribution in [2.75, 3.05) is 11.4 Å². The molecule has 2 fully saturated rings. The van der Waals surface area contributed by atoms with Crippen molar-refractivity contribution in [2.24, 2.45) is 0 Å². The highest BCUT2D eigenvalue weighted by Gasteiger charge is 2.32. The Hall–Kier alpha value is -2.11. The number of nitrogens with zero attached hydrogens (tertiary/aromatic N) is 1. The van der Waals surface area contributed by atoms with Crippen molar-refractivity contribution in [3.63, 3.8) is 0 Å². The van der Waals surface area contributed by atoms with Crippen LogP contribution in [0.1, 0.15) is 44.9 Å². The van der Waals surface area contributed by atoms with Crippen molar-refractivity contribution in [1.29, 1.82) is 0 Å². The van der Waals surface area contributed by atoms with Crippen LogP contribution in [0.5, 0.6) is 0 Å². The molecule has 1 aliphatic carbocycles. The second-order valence-corrected chi connectivity index (χ2v) is 6.69. The first-order valence-electron chi connectivity index (χ1n) is 8.75. The van der Waals surface area contributed by atoms with Crippen LogP contribution in [0.3, 0.4) is 0 Å². The molecule has 1 saturated heterocycles. The van der Waals surface area contributed by atoms with Crippen LogP contribution in [0, 0.1) is 5.82 Å². The molecule has 2 aliphatic rings. The van der Waals surface area contributed by atoms with Gasteiger partial charge in [-0.3, -0.25) is 4.79 Å². The van der Waals surface area contributed by atoms with Crippen LogP contribution in [0.4, 0.5) is 14.9 Å². The molecule has 1 heterocycles. The Bertz CT molecular complexity index is 600. The number of amides is 3. The summed E-state index contributed by atoms with van der Waals surface area (Å²) in [6.07, 6.45) is 7.06. The van der Waals surface area contributed by atoms with E-state index >= 15 is 0 Å². The molecule has 0 bridgehead atoms. The predicted molar refractivity (Wildman–Crippen MR) is 90.3 cm³/mol. The van der Waals surface area contributed by atoms with E-state index in [-0.39, 0.29) is 36.3 Å². The van der Waals surface area contributed by atoms with E-state index in [4.69, 9.17) is 0 Å². The minimum Gasteiger partial charge on any atom is -0.335 e. The van der Waals surface area contributed by atoms with Gasteiger partial charge in [-0.2, -0.15) is 0 Å². The predicted octanol–water partition coefficient (Wildman–Crippen LogP) is 2.95. The van der Waals surface area contributed by atoms with Crippen molar-refractivity contribution in [1.82, 2.24) is 10.6 Å². The zero-order valence-electron chi connectivity index (χ0n) is 13.8. The third-order valence-electron chi connectivity index (χ3n) is 4.77. The number of carbonyl (C=O) groups excluding carboxylic acids is 2. The molecular weight excluding hydrogens is 309 g/mol. The minimum absolute atomic E-state index is 0.0969. The Morgan fingerprint density at radius 1 is 1.08 bits per heavy atom. The highest BCUT2D eigenvalue weighted by atomic mass is 19.1. The first kappa shape index (κ1) is 16.7. The number of anilines is 1. The number of carbonyl (C=O) groups is 2. The van der Waals surface area contributed by atoms with E-state index in [9.17, 15) is 14.0 Å². The lowest BCUT2D eigenvalue weighted by Gasteiger charge is -2.20. The highest BCUT2D eigenvalue weighted by Crippen LogP contribution is 2.22. The Labute approximate surface area is 141 Å². The van der Waals surface area contributed by atoms with E-state index in [1.807, 2.05) is 0 Å². The number of halogens is 1. The summed E-state index contributed by atoms with van der Waals surface area (Å²) in [7, 11) is 0. The number of hydrogen-bond acceptors (Lipinski definition) is 2. The maximum atomic E-state index is 13.3.